The number of nitrogens with zero attached hydrogens (tertiary/aromatic N) is 1. The molecule has 0 spiro atoms. The van der Waals surface area contributed by atoms with Gasteiger partial charge in [0.05, 0.1) is 0 Å². The molecule has 0 aromatic heterocycles. The SMILES string of the molecule is CC[N+](CC)=C1C=CC(=C/C=C2\C=C(c3ccccc3)C=C(c3ccccc3)O2)C=C1. The summed E-state index contributed by atoms with van der Waals surface area (Å²) in [6.45, 7) is 6.39. The minimum absolute atomic E-state index is 0.827. The van der Waals surface area contributed by atoms with Gasteiger partial charge in [-0.05, 0) is 60.9 Å². The highest BCUT2D eigenvalue weighted by molar-refractivity contribution is 6.02. The van der Waals surface area contributed by atoms with Gasteiger partial charge in [-0.25, -0.2) is 4.58 Å². The lowest BCUT2D eigenvalue weighted by Gasteiger charge is -2.18. The number of ether oxygens (including phenoxy) is 1. The highest BCUT2D eigenvalue weighted by atomic mass is 16.5. The van der Waals surface area contributed by atoms with Crippen LogP contribution in [-0.2, 0) is 4.74 Å². The van der Waals surface area contributed by atoms with E-state index in [4.69, 9.17) is 4.74 Å². The molecule has 1 heterocycles. The van der Waals surface area contributed by atoms with Crippen molar-refractivity contribution in [2.24, 2.45) is 0 Å². The molecule has 0 radical (unpaired) electrons. The van der Waals surface area contributed by atoms with Crippen molar-refractivity contribution in [2.45, 2.75) is 13.8 Å². The first kappa shape index (κ1) is 20.6. The van der Waals surface area contributed by atoms with Crippen molar-refractivity contribution in [1.82, 2.24) is 0 Å². The summed E-state index contributed by atoms with van der Waals surface area (Å²) in [4.78, 5) is 0. The predicted octanol–water partition coefficient (Wildman–Crippen LogP) is 6.57. The van der Waals surface area contributed by atoms with Crippen LogP contribution in [0.25, 0.3) is 11.3 Å². The van der Waals surface area contributed by atoms with E-state index in [9.17, 15) is 0 Å². The van der Waals surface area contributed by atoms with Gasteiger partial charge < -0.3 is 4.74 Å². The topological polar surface area (TPSA) is 12.2 Å². The summed E-state index contributed by atoms with van der Waals surface area (Å²) < 4.78 is 8.59. The van der Waals surface area contributed by atoms with Gasteiger partial charge in [-0.2, -0.15) is 0 Å². The van der Waals surface area contributed by atoms with Crippen molar-refractivity contribution < 1.29 is 9.31 Å². The summed E-state index contributed by atoms with van der Waals surface area (Å²) in [5, 5.41) is 0. The Balaban J connectivity index is 1.64. The molecule has 2 aliphatic rings. The summed E-state index contributed by atoms with van der Waals surface area (Å²) >= 11 is 0. The Morgan fingerprint density at radius 3 is 1.94 bits per heavy atom. The van der Waals surface area contributed by atoms with Crippen LogP contribution in [0, 0.1) is 0 Å². The molecule has 2 heteroatoms. The summed E-state index contributed by atoms with van der Waals surface area (Å²) in [7, 11) is 0. The van der Waals surface area contributed by atoms with Gasteiger partial charge in [-0.15, -0.1) is 0 Å². The molecule has 0 unspecified atom stereocenters. The Bertz CT molecular complexity index is 1120. The van der Waals surface area contributed by atoms with Gasteiger partial charge in [0.15, 0.2) is 5.71 Å². The maximum atomic E-state index is 6.25. The third-order valence-electron chi connectivity index (χ3n) is 5.44. The Morgan fingerprint density at radius 2 is 1.32 bits per heavy atom. The fourth-order valence-corrected chi connectivity index (χ4v) is 3.71. The molecule has 4 rings (SSSR count). The molecule has 0 fully saturated rings. The van der Waals surface area contributed by atoms with Crippen LogP contribution in [0.5, 0.6) is 0 Å². The van der Waals surface area contributed by atoms with Crippen LogP contribution in [-0.4, -0.2) is 23.4 Å². The zero-order valence-corrected chi connectivity index (χ0v) is 18.2. The molecular weight excluding hydrogens is 378 g/mol. The van der Waals surface area contributed by atoms with Gasteiger partial charge in [-0.1, -0.05) is 66.7 Å². The lowest BCUT2D eigenvalue weighted by atomic mass is 10.0. The Hall–Kier alpha value is -3.65. The van der Waals surface area contributed by atoms with E-state index in [1.165, 1.54) is 11.3 Å². The van der Waals surface area contributed by atoms with Crippen molar-refractivity contribution >= 4 is 17.0 Å². The zero-order chi connectivity index (χ0) is 21.5. The first-order chi connectivity index (χ1) is 15.3. The van der Waals surface area contributed by atoms with E-state index in [2.05, 4.69) is 97.4 Å². The molecular formula is C29H28NO+. The van der Waals surface area contributed by atoms with Gasteiger partial charge >= 0.3 is 0 Å². The average molecular weight is 407 g/mol. The maximum Gasteiger partial charge on any atom is 0.199 e. The van der Waals surface area contributed by atoms with E-state index in [-0.39, 0.29) is 0 Å². The van der Waals surface area contributed by atoms with E-state index in [1.54, 1.807) is 0 Å². The van der Waals surface area contributed by atoms with E-state index < -0.39 is 0 Å². The van der Waals surface area contributed by atoms with Crippen LogP contribution >= 0.6 is 0 Å². The highest BCUT2D eigenvalue weighted by Crippen LogP contribution is 2.31. The molecule has 2 aromatic carbocycles. The zero-order valence-electron chi connectivity index (χ0n) is 18.2. The molecule has 1 aliphatic heterocycles. The van der Waals surface area contributed by atoms with Crippen molar-refractivity contribution in [3.63, 3.8) is 0 Å². The molecule has 0 saturated carbocycles. The highest BCUT2D eigenvalue weighted by Gasteiger charge is 2.14. The summed E-state index contributed by atoms with van der Waals surface area (Å²) in [6.07, 6.45) is 17.0. The van der Waals surface area contributed by atoms with Crippen LogP contribution in [0.15, 0.2) is 121 Å². The second-order valence-corrected chi connectivity index (χ2v) is 7.44. The monoisotopic (exact) mass is 406 g/mol. The molecule has 0 amide bonds. The maximum absolute atomic E-state index is 6.25. The lowest BCUT2D eigenvalue weighted by molar-refractivity contribution is -0.519. The molecule has 0 bridgehead atoms. The number of hydrogen-bond acceptors (Lipinski definition) is 1. The minimum Gasteiger partial charge on any atom is -0.457 e. The molecule has 31 heavy (non-hydrogen) atoms. The van der Waals surface area contributed by atoms with Crippen LogP contribution < -0.4 is 0 Å². The summed E-state index contributed by atoms with van der Waals surface area (Å²) in [5.74, 6) is 1.69. The van der Waals surface area contributed by atoms with Crippen LogP contribution in [0.3, 0.4) is 0 Å². The summed E-state index contributed by atoms with van der Waals surface area (Å²) in [5.41, 5.74) is 5.79. The van der Waals surface area contributed by atoms with E-state index in [0.717, 1.165) is 41.3 Å². The quantitative estimate of drug-likeness (QED) is 0.512. The van der Waals surface area contributed by atoms with Crippen LogP contribution in [0.1, 0.15) is 25.0 Å². The fraction of sp³-hybridized carbons (Fsp3) is 0.138. The number of rotatable bonds is 5. The molecule has 2 nitrogen and oxygen atoms in total. The predicted molar refractivity (Wildman–Crippen MR) is 131 cm³/mol. The third kappa shape index (κ3) is 5.10. The Morgan fingerprint density at radius 1 is 0.710 bits per heavy atom. The van der Waals surface area contributed by atoms with Gasteiger partial charge in [0.25, 0.3) is 0 Å². The molecule has 1 aliphatic carbocycles. The fourth-order valence-electron chi connectivity index (χ4n) is 3.71. The van der Waals surface area contributed by atoms with Crippen molar-refractivity contribution in [2.75, 3.05) is 13.1 Å². The van der Waals surface area contributed by atoms with Gasteiger partial charge in [-0.3, -0.25) is 0 Å². The van der Waals surface area contributed by atoms with Gasteiger partial charge in [0.2, 0.25) is 0 Å². The van der Waals surface area contributed by atoms with Crippen LogP contribution in [0.2, 0.25) is 0 Å². The Labute approximate surface area is 185 Å². The third-order valence-corrected chi connectivity index (χ3v) is 5.44. The molecule has 0 atom stereocenters. The second-order valence-electron chi connectivity index (χ2n) is 7.44. The normalized spacial score (nSPS) is 16.6. The Kier molecular flexibility index (Phi) is 6.59. The smallest absolute Gasteiger partial charge is 0.199 e. The van der Waals surface area contributed by atoms with Gasteiger partial charge in [0, 0.05) is 17.7 Å². The molecule has 0 saturated heterocycles. The first-order valence-corrected chi connectivity index (χ1v) is 10.9. The number of hydrogen-bond donors (Lipinski definition) is 0. The van der Waals surface area contributed by atoms with Crippen LogP contribution in [0.4, 0.5) is 0 Å². The van der Waals surface area contributed by atoms with Crippen molar-refractivity contribution in [3.8, 4) is 0 Å². The van der Waals surface area contributed by atoms with E-state index in [1.807, 2.05) is 30.3 Å². The van der Waals surface area contributed by atoms with E-state index in [0.29, 0.717) is 0 Å². The largest absolute Gasteiger partial charge is 0.457 e. The van der Waals surface area contributed by atoms with E-state index >= 15 is 0 Å². The number of allylic oxidation sites excluding steroid dienone is 10. The number of benzene rings is 2. The molecule has 0 N–H and O–H groups in total. The standard InChI is InChI=1S/C29H28NO/c1-3-30(4-2)27-18-15-23(16-19-27)17-20-28-21-26(24-11-7-5-8-12-24)22-29(31-28)25-13-9-6-10-14-25/h5-22H,3-4H2,1-2H3/q+1/b28-20+. The lowest BCUT2D eigenvalue weighted by Crippen LogP contribution is -2.18. The summed E-state index contributed by atoms with van der Waals surface area (Å²) in [6, 6.07) is 20.7. The van der Waals surface area contributed by atoms with Crippen molar-refractivity contribution in [1.29, 1.82) is 0 Å². The van der Waals surface area contributed by atoms with Crippen molar-refractivity contribution in [3.05, 3.63) is 132 Å². The second kappa shape index (κ2) is 9.90. The molecule has 2 aromatic rings. The van der Waals surface area contributed by atoms with Gasteiger partial charge in [0.1, 0.15) is 24.6 Å². The molecule has 154 valence electrons. The first-order valence-electron chi connectivity index (χ1n) is 10.9. The minimum atomic E-state index is 0.827. The average Bonchev–Trinajstić information content (AvgIpc) is 2.85.